The van der Waals surface area contributed by atoms with E-state index in [1.165, 1.54) is 21.9 Å². The van der Waals surface area contributed by atoms with E-state index in [2.05, 4.69) is 138 Å². The zero-order valence-electron chi connectivity index (χ0n) is 27.5. The predicted octanol–water partition coefficient (Wildman–Crippen LogP) is 13.4. The third-order valence-corrected chi connectivity index (χ3v) is 9.69. The fourth-order valence-corrected chi connectivity index (χ4v) is 7.18. The van der Waals surface area contributed by atoms with Gasteiger partial charge in [-0.15, -0.1) is 0 Å². The smallest absolute Gasteiger partial charge is 0.227 e. The number of aromatic nitrogens is 1. The van der Waals surface area contributed by atoms with Crippen LogP contribution in [0.25, 0.3) is 77.5 Å². The monoisotopic (exact) mass is 654 g/mol. The van der Waals surface area contributed by atoms with E-state index in [9.17, 15) is 0 Å². The molecule has 0 aliphatic rings. The normalized spacial score (nSPS) is 11.5. The molecule has 0 aliphatic carbocycles. The van der Waals surface area contributed by atoms with Gasteiger partial charge < -0.3 is 13.7 Å². The van der Waals surface area contributed by atoms with E-state index < -0.39 is 0 Å². The van der Waals surface area contributed by atoms with Gasteiger partial charge in [0.15, 0.2) is 5.58 Å². The number of nitrogens with zero attached hydrogens (tertiary/aromatic N) is 2. The van der Waals surface area contributed by atoms with Crippen LogP contribution in [0.4, 0.5) is 17.1 Å². The highest BCUT2D eigenvalue weighted by molar-refractivity contribution is 6.20. The largest absolute Gasteiger partial charge is 0.455 e. The number of oxazole rings is 1. The molecule has 51 heavy (non-hydrogen) atoms. The van der Waals surface area contributed by atoms with Crippen molar-refractivity contribution in [2.24, 2.45) is 0 Å². The molecule has 10 aromatic rings. The van der Waals surface area contributed by atoms with Crippen molar-refractivity contribution in [2.45, 2.75) is 0 Å². The van der Waals surface area contributed by atoms with Crippen LogP contribution in [-0.4, -0.2) is 4.98 Å². The maximum absolute atomic E-state index is 6.56. The molecule has 0 spiro atoms. The zero-order valence-corrected chi connectivity index (χ0v) is 27.5. The number of para-hydroxylation sites is 2. The lowest BCUT2D eigenvalue weighted by Gasteiger charge is -2.26. The Kier molecular flexibility index (Phi) is 6.78. The number of hydrogen-bond donors (Lipinski definition) is 0. The summed E-state index contributed by atoms with van der Waals surface area (Å²) in [6.07, 6.45) is 0. The molecule has 0 aliphatic heterocycles. The molecule has 0 amide bonds. The molecule has 0 atom stereocenters. The predicted molar refractivity (Wildman–Crippen MR) is 210 cm³/mol. The number of furan rings is 1. The van der Waals surface area contributed by atoms with Gasteiger partial charge in [-0.3, -0.25) is 0 Å². The molecule has 0 saturated heterocycles. The minimum Gasteiger partial charge on any atom is -0.455 e. The maximum atomic E-state index is 6.56. The average molecular weight is 655 g/mol. The van der Waals surface area contributed by atoms with E-state index in [0.29, 0.717) is 5.89 Å². The Morgan fingerprint density at radius 3 is 1.78 bits per heavy atom. The van der Waals surface area contributed by atoms with Crippen molar-refractivity contribution >= 4 is 60.9 Å². The average Bonchev–Trinajstić information content (AvgIpc) is 3.81. The highest BCUT2D eigenvalue weighted by Crippen LogP contribution is 2.43. The van der Waals surface area contributed by atoms with E-state index in [-0.39, 0.29) is 0 Å². The Hall–Kier alpha value is -6.91. The van der Waals surface area contributed by atoms with Gasteiger partial charge in [-0.1, -0.05) is 115 Å². The lowest BCUT2D eigenvalue weighted by atomic mass is 10.00. The maximum Gasteiger partial charge on any atom is 0.227 e. The summed E-state index contributed by atoms with van der Waals surface area (Å²) < 4.78 is 13.0. The van der Waals surface area contributed by atoms with Gasteiger partial charge in [0.25, 0.3) is 0 Å². The fourth-order valence-electron chi connectivity index (χ4n) is 7.18. The van der Waals surface area contributed by atoms with Crippen LogP contribution in [0, 0.1) is 0 Å². The lowest BCUT2D eigenvalue weighted by Crippen LogP contribution is -2.09. The second-order valence-electron chi connectivity index (χ2n) is 12.8. The number of hydrogen-bond acceptors (Lipinski definition) is 4. The van der Waals surface area contributed by atoms with Gasteiger partial charge in [0, 0.05) is 33.6 Å². The van der Waals surface area contributed by atoms with E-state index in [1.807, 2.05) is 48.5 Å². The van der Waals surface area contributed by atoms with Crippen molar-refractivity contribution in [3.63, 3.8) is 0 Å². The molecular formula is C47H30N2O2. The SMILES string of the molecule is c1ccc(-c2nc3c(cc(-c4ccc(N(c5ccccc5)c5ccc(-c6ccc7ccccc7c6)cc5)cc4)c4oc5ccccc5c43)o2)cc1. The number of fused-ring (bicyclic) bond motifs is 6. The lowest BCUT2D eigenvalue weighted by molar-refractivity contribution is 0.619. The molecule has 2 aromatic heterocycles. The third kappa shape index (κ3) is 5.04. The van der Waals surface area contributed by atoms with E-state index >= 15 is 0 Å². The molecule has 0 fully saturated rings. The van der Waals surface area contributed by atoms with Gasteiger partial charge in [0.1, 0.15) is 16.7 Å². The molecule has 4 nitrogen and oxygen atoms in total. The Bertz CT molecular complexity index is 2840. The van der Waals surface area contributed by atoms with Crippen molar-refractivity contribution < 1.29 is 8.83 Å². The number of rotatable bonds is 6. The molecule has 0 radical (unpaired) electrons. The van der Waals surface area contributed by atoms with E-state index in [0.717, 1.165) is 66.8 Å². The first-order valence-corrected chi connectivity index (χ1v) is 17.1. The van der Waals surface area contributed by atoms with Crippen LogP contribution in [0.5, 0.6) is 0 Å². The topological polar surface area (TPSA) is 42.4 Å². The van der Waals surface area contributed by atoms with Crippen LogP contribution in [-0.2, 0) is 0 Å². The van der Waals surface area contributed by atoms with Gasteiger partial charge in [-0.2, -0.15) is 0 Å². The summed E-state index contributed by atoms with van der Waals surface area (Å²) in [4.78, 5) is 7.27. The summed E-state index contributed by atoms with van der Waals surface area (Å²) in [5.74, 6) is 0.592. The molecule has 0 saturated carbocycles. The molecule has 0 unspecified atom stereocenters. The van der Waals surface area contributed by atoms with E-state index in [1.54, 1.807) is 0 Å². The summed E-state index contributed by atoms with van der Waals surface area (Å²) >= 11 is 0. The summed E-state index contributed by atoms with van der Waals surface area (Å²) in [6, 6.07) is 63.4. The van der Waals surface area contributed by atoms with Gasteiger partial charge >= 0.3 is 0 Å². The van der Waals surface area contributed by atoms with Crippen LogP contribution < -0.4 is 4.90 Å². The molecule has 0 N–H and O–H groups in total. The van der Waals surface area contributed by atoms with E-state index in [4.69, 9.17) is 13.8 Å². The quantitative estimate of drug-likeness (QED) is 0.179. The molecular weight excluding hydrogens is 625 g/mol. The van der Waals surface area contributed by atoms with Crippen LogP contribution in [0.2, 0.25) is 0 Å². The zero-order chi connectivity index (χ0) is 33.7. The first kappa shape index (κ1) is 29.0. The van der Waals surface area contributed by atoms with Crippen molar-refractivity contribution in [1.82, 2.24) is 4.98 Å². The standard InChI is InChI=1S/C47H30N2O2/c1-3-12-34(13-4-1)47-48-45-43(51-47)30-41(46-44(45)40-17-9-10-18-42(40)50-46)33-23-27-39(28-24-33)49(37-15-5-2-6-16-37)38-25-21-32(22-26-38)36-20-19-31-11-7-8-14-35(31)29-36/h1-30H. The summed E-state index contributed by atoms with van der Waals surface area (Å²) in [6.45, 7) is 0. The summed E-state index contributed by atoms with van der Waals surface area (Å²) in [5, 5.41) is 4.47. The van der Waals surface area contributed by atoms with Crippen LogP contribution in [0.1, 0.15) is 0 Å². The van der Waals surface area contributed by atoms with Crippen LogP contribution in [0.15, 0.2) is 191 Å². The third-order valence-electron chi connectivity index (χ3n) is 9.69. The van der Waals surface area contributed by atoms with Crippen molar-refractivity contribution in [2.75, 3.05) is 4.90 Å². The minimum atomic E-state index is 0.592. The number of anilines is 3. The Morgan fingerprint density at radius 1 is 0.412 bits per heavy atom. The molecule has 8 aromatic carbocycles. The second-order valence-corrected chi connectivity index (χ2v) is 12.8. The fraction of sp³-hybridized carbons (Fsp3) is 0. The Balaban J connectivity index is 1.07. The Morgan fingerprint density at radius 2 is 1.02 bits per heavy atom. The van der Waals surface area contributed by atoms with Crippen molar-refractivity contribution in [3.05, 3.63) is 182 Å². The second kappa shape index (κ2) is 11.9. The van der Waals surface area contributed by atoms with Gasteiger partial charge in [-0.25, -0.2) is 4.98 Å². The molecule has 2 heterocycles. The van der Waals surface area contributed by atoms with Crippen molar-refractivity contribution in [3.8, 4) is 33.7 Å². The molecule has 240 valence electrons. The highest BCUT2D eigenvalue weighted by Gasteiger charge is 2.21. The number of benzene rings is 8. The Labute approximate surface area is 294 Å². The van der Waals surface area contributed by atoms with Gasteiger partial charge in [-0.05, 0) is 94.2 Å². The molecule has 10 rings (SSSR count). The van der Waals surface area contributed by atoms with Crippen LogP contribution >= 0.6 is 0 Å². The first-order chi connectivity index (χ1) is 25.3. The van der Waals surface area contributed by atoms with Crippen molar-refractivity contribution in [1.29, 1.82) is 0 Å². The first-order valence-electron chi connectivity index (χ1n) is 17.1. The molecule has 4 heteroatoms. The van der Waals surface area contributed by atoms with Crippen LogP contribution in [0.3, 0.4) is 0 Å². The van der Waals surface area contributed by atoms with Gasteiger partial charge in [0.05, 0.1) is 5.39 Å². The molecule has 0 bridgehead atoms. The summed E-state index contributed by atoms with van der Waals surface area (Å²) in [7, 11) is 0. The summed E-state index contributed by atoms with van der Waals surface area (Å²) in [5.41, 5.74) is 11.7. The highest BCUT2D eigenvalue weighted by atomic mass is 16.4. The minimum absolute atomic E-state index is 0.592. The van der Waals surface area contributed by atoms with Gasteiger partial charge in [0.2, 0.25) is 5.89 Å².